The minimum atomic E-state index is -0.436. The van der Waals surface area contributed by atoms with Crippen molar-refractivity contribution >= 4 is 40.4 Å². The van der Waals surface area contributed by atoms with E-state index in [1.165, 1.54) is 0 Å². The molecule has 7 nitrogen and oxygen atoms in total. The first-order chi connectivity index (χ1) is 13.0. The molecule has 0 radical (unpaired) electrons. The first kappa shape index (κ1) is 18.8. The van der Waals surface area contributed by atoms with E-state index >= 15 is 0 Å². The molecule has 0 spiro atoms. The smallest absolute Gasteiger partial charge is 0.286 e. The normalized spacial score (nSPS) is 10.3. The Labute approximate surface area is 164 Å². The third-order valence-electron chi connectivity index (χ3n) is 3.53. The molecule has 138 valence electrons. The van der Waals surface area contributed by atoms with E-state index in [9.17, 15) is 9.59 Å². The number of aromatic nitrogens is 2. The summed E-state index contributed by atoms with van der Waals surface area (Å²) in [7, 11) is 1.56. The fourth-order valence-corrected chi connectivity index (χ4v) is 2.91. The number of halogens is 1. The molecule has 2 amide bonds. The molecule has 0 saturated carbocycles. The Hall–Kier alpha value is -2.97. The molecule has 1 heterocycles. The number of ether oxygens (including phenoxy) is 1. The molecule has 0 unspecified atom stereocenters. The highest BCUT2D eigenvalue weighted by molar-refractivity contribution is 7.15. The van der Waals surface area contributed by atoms with Gasteiger partial charge in [0.15, 0.2) is 0 Å². The van der Waals surface area contributed by atoms with Gasteiger partial charge in [0.25, 0.3) is 11.8 Å². The Morgan fingerprint density at radius 2 is 1.63 bits per heavy atom. The lowest BCUT2D eigenvalue weighted by Gasteiger charge is -2.04. The number of carbonyl (C=O) groups is 2. The fraction of sp³-hybridized carbons (Fsp3) is 0.111. The standard InChI is InChI=1S/C18H15ClN4O3S/c1-26-14-8-6-13(7-9-14)21-16(25)18-23-22-17(27-18)15(24)20-10-11-2-4-12(19)5-3-11/h2-9H,10H2,1H3,(H,20,24)(H,21,25). The molecular formula is C18H15ClN4O3S. The van der Waals surface area contributed by atoms with Gasteiger partial charge in [-0.3, -0.25) is 9.59 Å². The molecule has 9 heteroatoms. The second-order valence-electron chi connectivity index (χ2n) is 5.40. The topological polar surface area (TPSA) is 93.2 Å². The van der Waals surface area contributed by atoms with Crippen molar-refractivity contribution in [3.8, 4) is 5.75 Å². The number of nitrogens with one attached hydrogen (secondary N) is 2. The van der Waals surface area contributed by atoms with E-state index in [1.54, 1.807) is 43.5 Å². The van der Waals surface area contributed by atoms with Crippen molar-refractivity contribution in [3.63, 3.8) is 0 Å². The number of anilines is 1. The molecule has 0 aliphatic heterocycles. The van der Waals surface area contributed by atoms with Crippen molar-refractivity contribution in [1.82, 2.24) is 15.5 Å². The minimum Gasteiger partial charge on any atom is -0.497 e. The summed E-state index contributed by atoms with van der Waals surface area (Å²) >= 11 is 6.75. The molecule has 3 aromatic rings. The number of carbonyl (C=O) groups excluding carboxylic acids is 2. The lowest BCUT2D eigenvalue weighted by molar-refractivity contribution is 0.0948. The summed E-state index contributed by atoms with van der Waals surface area (Å²) in [6.45, 7) is 0.322. The molecule has 0 aliphatic carbocycles. The Morgan fingerprint density at radius 3 is 2.26 bits per heavy atom. The molecule has 0 bridgehead atoms. The summed E-state index contributed by atoms with van der Waals surface area (Å²) in [6.07, 6.45) is 0. The SMILES string of the molecule is COc1ccc(NC(=O)c2nnc(C(=O)NCc3ccc(Cl)cc3)s2)cc1. The maximum atomic E-state index is 12.2. The Morgan fingerprint density at radius 1 is 1.00 bits per heavy atom. The Kier molecular flexibility index (Phi) is 6.00. The molecule has 0 fully saturated rings. The second kappa shape index (κ2) is 8.61. The molecule has 1 aromatic heterocycles. The average molecular weight is 403 g/mol. The number of benzene rings is 2. The summed E-state index contributed by atoms with van der Waals surface area (Å²) < 4.78 is 5.07. The van der Waals surface area contributed by atoms with Crippen LogP contribution in [0.3, 0.4) is 0 Å². The van der Waals surface area contributed by atoms with Crippen LogP contribution in [0.5, 0.6) is 5.75 Å². The third kappa shape index (κ3) is 5.02. The van der Waals surface area contributed by atoms with E-state index in [1.807, 2.05) is 12.1 Å². The van der Waals surface area contributed by atoms with Crippen LogP contribution in [0.15, 0.2) is 48.5 Å². The monoisotopic (exact) mass is 402 g/mol. The van der Waals surface area contributed by atoms with Crippen molar-refractivity contribution in [2.45, 2.75) is 6.54 Å². The van der Waals surface area contributed by atoms with E-state index in [2.05, 4.69) is 20.8 Å². The number of amides is 2. The van der Waals surface area contributed by atoms with Crippen LogP contribution in [-0.4, -0.2) is 29.1 Å². The van der Waals surface area contributed by atoms with E-state index in [-0.39, 0.29) is 10.0 Å². The zero-order valence-corrected chi connectivity index (χ0v) is 15.8. The van der Waals surface area contributed by atoms with Gasteiger partial charge in [0.05, 0.1) is 7.11 Å². The van der Waals surface area contributed by atoms with Crippen molar-refractivity contribution in [2.75, 3.05) is 12.4 Å². The third-order valence-corrected chi connectivity index (χ3v) is 4.70. The van der Waals surface area contributed by atoms with E-state index < -0.39 is 11.8 Å². The maximum Gasteiger partial charge on any atom is 0.286 e. The minimum absolute atomic E-state index is 0.0995. The second-order valence-corrected chi connectivity index (χ2v) is 6.82. The van der Waals surface area contributed by atoms with Crippen LogP contribution < -0.4 is 15.4 Å². The summed E-state index contributed by atoms with van der Waals surface area (Å²) in [5.74, 6) is -0.149. The molecule has 3 rings (SSSR count). The van der Waals surface area contributed by atoms with Crippen LogP contribution in [0.4, 0.5) is 5.69 Å². The predicted molar refractivity (Wildman–Crippen MR) is 103 cm³/mol. The van der Waals surface area contributed by atoms with Crippen LogP contribution in [-0.2, 0) is 6.54 Å². The van der Waals surface area contributed by atoms with Crippen molar-refractivity contribution in [1.29, 1.82) is 0 Å². The number of hydrogen-bond donors (Lipinski definition) is 2. The Balaban J connectivity index is 1.58. The lowest BCUT2D eigenvalue weighted by Crippen LogP contribution is -2.22. The summed E-state index contributed by atoms with van der Waals surface area (Å²) in [5.41, 5.74) is 1.49. The maximum absolute atomic E-state index is 12.2. The number of nitrogens with zero attached hydrogens (tertiary/aromatic N) is 2. The van der Waals surface area contributed by atoms with Gasteiger partial charge in [-0.25, -0.2) is 0 Å². The van der Waals surface area contributed by atoms with E-state index in [0.717, 1.165) is 16.9 Å². The average Bonchev–Trinajstić information content (AvgIpc) is 3.18. The largest absolute Gasteiger partial charge is 0.497 e. The zero-order valence-electron chi connectivity index (χ0n) is 14.2. The lowest BCUT2D eigenvalue weighted by atomic mass is 10.2. The van der Waals surface area contributed by atoms with E-state index in [4.69, 9.17) is 16.3 Å². The predicted octanol–water partition coefficient (Wildman–Crippen LogP) is 3.38. The quantitative estimate of drug-likeness (QED) is 0.659. The van der Waals surface area contributed by atoms with Crippen LogP contribution in [0.2, 0.25) is 5.02 Å². The van der Waals surface area contributed by atoms with Gasteiger partial charge in [-0.05, 0) is 42.0 Å². The van der Waals surface area contributed by atoms with Gasteiger partial charge in [-0.2, -0.15) is 0 Å². The number of rotatable bonds is 6. The highest BCUT2D eigenvalue weighted by Crippen LogP contribution is 2.17. The van der Waals surface area contributed by atoms with Crippen LogP contribution in [0, 0.1) is 0 Å². The zero-order chi connectivity index (χ0) is 19.2. The molecule has 27 heavy (non-hydrogen) atoms. The van der Waals surface area contributed by atoms with Gasteiger partial charge < -0.3 is 15.4 Å². The van der Waals surface area contributed by atoms with Gasteiger partial charge in [0.2, 0.25) is 10.0 Å². The van der Waals surface area contributed by atoms with Crippen LogP contribution in [0.1, 0.15) is 25.2 Å². The van der Waals surface area contributed by atoms with Gasteiger partial charge in [-0.1, -0.05) is 35.1 Å². The van der Waals surface area contributed by atoms with Crippen LogP contribution in [0.25, 0.3) is 0 Å². The molecule has 0 atom stereocenters. The molecule has 2 aromatic carbocycles. The fourth-order valence-electron chi connectivity index (χ4n) is 2.13. The highest BCUT2D eigenvalue weighted by Gasteiger charge is 2.17. The summed E-state index contributed by atoms with van der Waals surface area (Å²) in [5, 5.41) is 13.8. The summed E-state index contributed by atoms with van der Waals surface area (Å²) in [4.78, 5) is 24.4. The van der Waals surface area contributed by atoms with Gasteiger partial charge in [-0.15, -0.1) is 10.2 Å². The van der Waals surface area contributed by atoms with Crippen molar-refractivity contribution in [2.24, 2.45) is 0 Å². The van der Waals surface area contributed by atoms with Crippen molar-refractivity contribution in [3.05, 3.63) is 69.1 Å². The summed E-state index contributed by atoms with van der Waals surface area (Å²) in [6, 6.07) is 14.0. The number of methoxy groups -OCH3 is 1. The molecule has 0 saturated heterocycles. The first-order valence-electron chi connectivity index (χ1n) is 7.86. The molecular weight excluding hydrogens is 388 g/mol. The van der Waals surface area contributed by atoms with Gasteiger partial charge in [0, 0.05) is 17.3 Å². The van der Waals surface area contributed by atoms with Gasteiger partial charge >= 0.3 is 0 Å². The Bertz CT molecular complexity index is 942. The number of hydrogen-bond acceptors (Lipinski definition) is 6. The van der Waals surface area contributed by atoms with E-state index in [0.29, 0.717) is 23.0 Å². The first-order valence-corrected chi connectivity index (χ1v) is 9.06. The van der Waals surface area contributed by atoms with Crippen molar-refractivity contribution < 1.29 is 14.3 Å². The van der Waals surface area contributed by atoms with Crippen LogP contribution >= 0.6 is 22.9 Å². The molecule has 2 N–H and O–H groups in total. The molecule has 0 aliphatic rings. The van der Waals surface area contributed by atoms with Gasteiger partial charge in [0.1, 0.15) is 5.75 Å². The highest BCUT2D eigenvalue weighted by atomic mass is 35.5.